The third kappa shape index (κ3) is 3.39. The minimum Gasteiger partial charge on any atom is -0.491 e. The average Bonchev–Trinajstić information content (AvgIpc) is 2.04. The van der Waals surface area contributed by atoms with E-state index >= 15 is 0 Å². The largest absolute Gasteiger partial charge is 0.491 e. The number of nitriles is 1. The standard InChI is InChI=1S/C10H11NOS/c1-8(2)12-9-4-3-5-10(6-9)13-7-11/h3-6,8H,1-2H3. The summed E-state index contributed by atoms with van der Waals surface area (Å²) in [7, 11) is 0. The Morgan fingerprint density at radius 2 is 2.23 bits per heavy atom. The third-order valence-electron chi connectivity index (χ3n) is 1.34. The van der Waals surface area contributed by atoms with E-state index in [9.17, 15) is 0 Å². The Kier molecular flexibility index (Phi) is 3.66. The number of rotatable bonds is 3. The van der Waals surface area contributed by atoms with Gasteiger partial charge in [0.05, 0.1) is 6.10 Å². The number of thiocyanates is 1. The predicted octanol–water partition coefficient (Wildman–Crippen LogP) is 3.05. The van der Waals surface area contributed by atoms with Crippen LogP contribution >= 0.6 is 11.8 Å². The van der Waals surface area contributed by atoms with Crippen LogP contribution in [0.5, 0.6) is 5.75 Å². The van der Waals surface area contributed by atoms with E-state index in [1.165, 1.54) is 0 Å². The van der Waals surface area contributed by atoms with Crippen LogP contribution in [0.15, 0.2) is 29.2 Å². The van der Waals surface area contributed by atoms with Crippen molar-refractivity contribution in [1.29, 1.82) is 5.26 Å². The van der Waals surface area contributed by atoms with Gasteiger partial charge in [0, 0.05) is 4.90 Å². The first-order chi connectivity index (χ1) is 6.22. The van der Waals surface area contributed by atoms with Gasteiger partial charge in [-0.15, -0.1) is 0 Å². The first-order valence-corrected chi connectivity index (χ1v) is 4.86. The molecule has 0 aliphatic carbocycles. The minimum atomic E-state index is 0.169. The first kappa shape index (κ1) is 9.94. The fourth-order valence-corrected chi connectivity index (χ4v) is 1.36. The highest BCUT2D eigenvalue weighted by Gasteiger charge is 1.98. The number of hydrogen-bond acceptors (Lipinski definition) is 3. The smallest absolute Gasteiger partial charge is 0.138 e. The number of thioether (sulfide) groups is 1. The van der Waals surface area contributed by atoms with Crippen LogP contribution < -0.4 is 4.74 Å². The SMILES string of the molecule is CC(C)Oc1cccc(SC#N)c1. The van der Waals surface area contributed by atoms with Crippen molar-refractivity contribution < 1.29 is 4.74 Å². The van der Waals surface area contributed by atoms with Crippen LogP contribution in [0.25, 0.3) is 0 Å². The van der Waals surface area contributed by atoms with Crippen molar-refractivity contribution in [1.82, 2.24) is 0 Å². The summed E-state index contributed by atoms with van der Waals surface area (Å²) in [5.74, 6) is 0.815. The van der Waals surface area contributed by atoms with Crippen molar-refractivity contribution in [2.75, 3.05) is 0 Å². The van der Waals surface area contributed by atoms with Gasteiger partial charge in [0.2, 0.25) is 0 Å². The molecule has 0 aliphatic heterocycles. The minimum absolute atomic E-state index is 0.169. The second-order valence-electron chi connectivity index (χ2n) is 2.83. The molecule has 0 bridgehead atoms. The summed E-state index contributed by atoms with van der Waals surface area (Å²) in [4.78, 5) is 0.917. The summed E-state index contributed by atoms with van der Waals surface area (Å²) in [6.45, 7) is 3.95. The van der Waals surface area contributed by atoms with Crippen LogP contribution in [0.1, 0.15) is 13.8 Å². The molecule has 1 aromatic rings. The third-order valence-corrected chi connectivity index (χ3v) is 1.92. The summed E-state index contributed by atoms with van der Waals surface area (Å²) in [5, 5.41) is 10.5. The Hall–Kier alpha value is -1.14. The highest BCUT2D eigenvalue weighted by atomic mass is 32.2. The fourth-order valence-electron chi connectivity index (χ4n) is 0.936. The van der Waals surface area contributed by atoms with Crippen molar-refractivity contribution in [2.24, 2.45) is 0 Å². The molecule has 13 heavy (non-hydrogen) atoms. The Morgan fingerprint density at radius 1 is 1.46 bits per heavy atom. The topological polar surface area (TPSA) is 33.0 Å². The zero-order valence-electron chi connectivity index (χ0n) is 7.65. The lowest BCUT2D eigenvalue weighted by Crippen LogP contribution is -2.05. The van der Waals surface area contributed by atoms with Crippen LogP contribution in [0, 0.1) is 10.7 Å². The molecular formula is C10H11NOS. The molecule has 3 heteroatoms. The van der Waals surface area contributed by atoms with Gasteiger partial charge in [-0.2, -0.15) is 5.26 Å². The summed E-state index contributed by atoms with van der Waals surface area (Å²) < 4.78 is 5.48. The zero-order chi connectivity index (χ0) is 9.68. The van der Waals surface area contributed by atoms with E-state index in [0.717, 1.165) is 22.4 Å². The van der Waals surface area contributed by atoms with Gasteiger partial charge in [-0.05, 0) is 43.8 Å². The summed E-state index contributed by atoms with van der Waals surface area (Å²) in [5.41, 5.74) is 0. The second-order valence-corrected chi connectivity index (χ2v) is 3.69. The molecule has 0 spiro atoms. The van der Waals surface area contributed by atoms with Gasteiger partial charge < -0.3 is 4.74 Å². The van der Waals surface area contributed by atoms with Crippen LogP contribution in [0.3, 0.4) is 0 Å². The molecule has 1 rings (SSSR count). The summed E-state index contributed by atoms with van der Waals surface area (Å²) >= 11 is 1.14. The van der Waals surface area contributed by atoms with E-state index in [4.69, 9.17) is 10.00 Å². The van der Waals surface area contributed by atoms with Crippen LogP contribution in [0.4, 0.5) is 0 Å². The van der Waals surface area contributed by atoms with E-state index in [1.807, 2.05) is 43.5 Å². The molecule has 0 aliphatic rings. The van der Waals surface area contributed by atoms with Gasteiger partial charge in [-0.25, -0.2) is 0 Å². The molecule has 68 valence electrons. The van der Waals surface area contributed by atoms with Gasteiger partial charge in [0.25, 0.3) is 0 Å². The average molecular weight is 193 g/mol. The second kappa shape index (κ2) is 4.78. The lowest BCUT2D eigenvalue weighted by molar-refractivity contribution is 0.242. The lowest BCUT2D eigenvalue weighted by Gasteiger charge is -2.09. The zero-order valence-corrected chi connectivity index (χ0v) is 8.47. The maximum atomic E-state index is 8.46. The van der Waals surface area contributed by atoms with Gasteiger partial charge in [-0.1, -0.05) is 6.07 Å². The van der Waals surface area contributed by atoms with Crippen molar-refractivity contribution in [2.45, 2.75) is 24.8 Å². The maximum Gasteiger partial charge on any atom is 0.138 e. The van der Waals surface area contributed by atoms with Crippen molar-refractivity contribution >= 4 is 11.8 Å². The molecule has 0 saturated heterocycles. The maximum absolute atomic E-state index is 8.46. The Balaban J connectivity index is 2.74. The Labute approximate surface area is 82.5 Å². The molecule has 0 fully saturated rings. The number of nitrogens with zero attached hydrogens (tertiary/aromatic N) is 1. The number of hydrogen-bond donors (Lipinski definition) is 0. The monoisotopic (exact) mass is 193 g/mol. The predicted molar refractivity (Wildman–Crippen MR) is 53.7 cm³/mol. The van der Waals surface area contributed by atoms with Crippen molar-refractivity contribution in [3.63, 3.8) is 0 Å². The molecule has 0 saturated carbocycles. The molecular weight excluding hydrogens is 182 g/mol. The lowest BCUT2D eigenvalue weighted by atomic mass is 10.3. The van der Waals surface area contributed by atoms with Gasteiger partial charge in [0.1, 0.15) is 11.2 Å². The Bertz CT molecular complexity index is 317. The summed E-state index contributed by atoms with van der Waals surface area (Å²) in [6.07, 6.45) is 0.169. The summed E-state index contributed by atoms with van der Waals surface area (Å²) in [6, 6.07) is 7.54. The van der Waals surface area contributed by atoms with Crippen LogP contribution in [0.2, 0.25) is 0 Å². The fraction of sp³-hybridized carbons (Fsp3) is 0.300. The van der Waals surface area contributed by atoms with Crippen molar-refractivity contribution in [3.05, 3.63) is 24.3 Å². The Morgan fingerprint density at radius 3 is 2.85 bits per heavy atom. The first-order valence-electron chi connectivity index (χ1n) is 4.05. The molecule has 0 heterocycles. The van der Waals surface area contributed by atoms with Crippen molar-refractivity contribution in [3.8, 4) is 11.2 Å². The molecule has 0 unspecified atom stereocenters. The normalized spacial score (nSPS) is 9.69. The van der Waals surface area contributed by atoms with Crippen LogP contribution in [-0.4, -0.2) is 6.10 Å². The van der Waals surface area contributed by atoms with E-state index in [-0.39, 0.29) is 6.10 Å². The molecule has 0 aromatic heterocycles. The van der Waals surface area contributed by atoms with Gasteiger partial charge in [0.15, 0.2) is 0 Å². The molecule has 1 aromatic carbocycles. The number of ether oxygens (including phenoxy) is 1. The van der Waals surface area contributed by atoms with Gasteiger partial charge >= 0.3 is 0 Å². The molecule has 0 atom stereocenters. The highest BCUT2D eigenvalue weighted by molar-refractivity contribution is 8.03. The van der Waals surface area contributed by atoms with Gasteiger partial charge in [-0.3, -0.25) is 0 Å². The van der Waals surface area contributed by atoms with E-state index < -0.39 is 0 Å². The number of benzene rings is 1. The van der Waals surface area contributed by atoms with Crippen LogP contribution in [-0.2, 0) is 0 Å². The van der Waals surface area contributed by atoms with E-state index in [1.54, 1.807) is 0 Å². The van der Waals surface area contributed by atoms with E-state index in [0.29, 0.717) is 0 Å². The van der Waals surface area contributed by atoms with E-state index in [2.05, 4.69) is 0 Å². The molecule has 0 N–H and O–H groups in total. The molecule has 0 amide bonds. The molecule has 2 nitrogen and oxygen atoms in total. The highest BCUT2D eigenvalue weighted by Crippen LogP contribution is 2.22. The quantitative estimate of drug-likeness (QED) is 0.546. The molecule has 0 radical (unpaired) electrons.